The van der Waals surface area contributed by atoms with E-state index < -0.39 is 24.3 Å². The van der Waals surface area contributed by atoms with Gasteiger partial charge in [-0.05, 0) is 84.7 Å². The molecule has 0 radical (unpaired) electrons. The second-order valence-corrected chi connectivity index (χ2v) is 15.1. The average molecular weight is 793 g/mol. The molecule has 4 heterocycles. The fourth-order valence-electron chi connectivity index (χ4n) is 8.10. The van der Waals surface area contributed by atoms with Gasteiger partial charge in [0.1, 0.15) is 23.7 Å². The lowest BCUT2D eigenvalue weighted by Gasteiger charge is -2.30. The fraction of sp³-hybridized carbons (Fsp3) is 0.442. The van der Waals surface area contributed by atoms with Crippen molar-refractivity contribution in [2.45, 2.75) is 83.1 Å². The number of aromatic amines is 2. The van der Waals surface area contributed by atoms with E-state index in [4.69, 9.17) is 24.3 Å². The van der Waals surface area contributed by atoms with Crippen molar-refractivity contribution < 1.29 is 33.6 Å². The minimum Gasteiger partial charge on any atom is -0.453 e. The summed E-state index contributed by atoms with van der Waals surface area (Å²) in [5, 5.41) is 4.79. The predicted molar refractivity (Wildman–Crippen MR) is 220 cm³/mol. The van der Waals surface area contributed by atoms with Crippen LogP contribution in [0.25, 0.3) is 44.2 Å². The normalized spacial score (nSPS) is 19.1. The highest BCUT2D eigenvalue weighted by Gasteiger charge is 2.39. The van der Waals surface area contributed by atoms with Crippen LogP contribution >= 0.6 is 0 Å². The van der Waals surface area contributed by atoms with Crippen molar-refractivity contribution in [2.75, 3.05) is 34.4 Å². The maximum absolute atomic E-state index is 13.8. The van der Waals surface area contributed by atoms with Crippen LogP contribution in [0.1, 0.15) is 76.6 Å². The van der Waals surface area contributed by atoms with E-state index in [2.05, 4.69) is 73.7 Å². The molecule has 15 nitrogen and oxygen atoms in total. The van der Waals surface area contributed by atoms with Gasteiger partial charge in [-0.15, -0.1) is 0 Å². The lowest BCUT2D eigenvalue weighted by molar-refractivity contribution is -0.188. The Morgan fingerprint density at radius 3 is 2.22 bits per heavy atom. The third kappa shape index (κ3) is 8.27. The van der Waals surface area contributed by atoms with Crippen LogP contribution in [0.4, 0.5) is 4.79 Å². The summed E-state index contributed by atoms with van der Waals surface area (Å²) in [6.45, 7) is 7.00. The van der Waals surface area contributed by atoms with E-state index in [9.17, 15) is 14.4 Å². The third-order valence-electron chi connectivity index (χ3n) is 11.6. The topological polar surface area (TPSA) is 176 Å². The Balaban J connectivity index is 1.07. The largest absolute Gasteiger partial charge is 0.453 e. The molecule has 2 aromatic heterocycles. The summed E-state index contributed by atoms with van der Waals surface area (Å²) in [5.41, 5.74) is 5.70. The molecular weight excluding hydrogens is 741 g/mol. The molecule has 58 heavy (non-hydrogen) atoms. The number of aromatic nitrogens is 4. The maximum Gasteiger partial charge on any atom is 0.407 e. The van der Waals surface area contributed by atoms with Gasteiger partial charge in [0.25, 0.3) is 0 Å². The van der Waals surface area contributed by atoms with E-state index in [1.807, 2.05) is 24.8 Å². The van der Waals surface area contributed by atoms with Crippen LogP contribution in [0, 0.1) is 5.92 Å². The van der Waals surface area contributed by atoms with Crippen LogP contribution in [0.5, 0.6) is 0 Å². The van der Waals surface area contributed by atoms with Gasteiger partial charge >= 0.3 is 6.09 Å². The highest BCUT2D eigenvalue weighted by atomic mass is 17.2. The number of methoxy groups -OCH3 is 2. The lowest BCUT2D eigenvalue weighted by atomic mass is 9.98. The molecule has 0 spiro atoms. The van der Waals surface area contributed by atoms with Crippen molar-refractivity contribution >= 4 is 46.1 Å². The predicted octanol–water partition coefficient (Wildman–Crippen LogP) is 6.88. The molecule has 7 rings (SSSR count). The molecule has 2 fully saturated rings. The number of nitrogens with one attached hydrogen (secondary N) is 3. The summed E-state index contributed by atoms with van der Waals surface area (Å²) in [7, 11) is 4.17. The Kier molecular flexibility index (Phi) is 12.4. The monoisotopic (exact) mass is 792 g/mol. The number of nitrogens with zero attached hydrogens (tertiary/aromatic N) is 5. The van der Waals surface area contributed by atoms with Gasteiger partial charge in [-0.2, -0.15) is 4.89 Å². The SMILES string of the molecule is CC[C@H](C)[C@H](N=COOC)C(=O)N1CCC[C@H]1c1nc2ccc(-c3ccc4cc(-c5cnc([C@@H]6CCCN6C(=O)[C@@H](NC(=O)OC)[C@@H](C)OC)[nH]5)ccc4c3)cc2[nH]1. The smallest absolute Gasteiger partial charge is 0.407 e. The van der Waals surface area contributed by atoms with Gasteiger partial charge in [-0.3, -0.25) is 9.59 Å². The molecule has 15 heteroatoms. The summed E-state index contributed by atoms with van der Waals surface area (Å²) in [6.07, 6.45) is 5.83. The van der Waals surface area contributed by atoms with Gasteiger partial charge in [0.05, 0.1) is 55.3 Å². The lowest BCUT2D eigenvalue weighted by Crippen LogP contribution is -2.54. The van der Waals surface area contributed by atoms with Gasteiger partial charge in [-0.25, -0.2) is 19.8 Å². The van der Waals surface area contributed by atoms with Crippen molar-refractivity contribution in [3.05, 3.63) is 72.4 Å². The number of H-pyrrole nitrogens is 2. The Labute approximate surface area is 337 Å². The second kappa shape index (κ2) is 17.8. The molecule has 0 aliphatic carbocycles. The van der Waals surface area contributed by atoms with Gasteiger partial charge in [0.15, 0.2) is 0 Å². The zero-order valence-electron chi connectivity index (χ0n) is 33.9. The van der Waals surface area contributed by atoms with E-state index in [1.165, 1.54) is 27.7 Å². The highest BCUT2D eigenvalue weighted by Crippen LogP contribution is 2.36. The molecule has 306 valence electrons. The van der Waals surface area contributed by atoms with Crippen LogP contribution in [0.15, 0.2) is 65.8 Å². The summed E-state index contributed by atoms with van der Waals surface area (Å²) >= 11 is 0. The average Bonchev–Trinajstić information content (AvgIpc) is 4.09. The number of imidazole rings is 2. The number of fused-ring (bicyclic) bond motifs is 2. The van der Waals surface area contributed by atoms with Crippen LogP contribution in [0.3, 0.4) is 0 Å². The van der Waals surface area contributed by atoms with Gasteiger partial charge < -0.3 is 39.4 Å². The second-order valence-electron chi connectivity index (χ2n) is 15.1. The minimum absolute atomic E-state index is 0.0337. The summed E-state index contributed by atoms with van der Waals surface area (Å²) in [4.78, 5) is 73.7. The number of alkyl carbamates (subject to hydrolysis) is 1. The number of carbonyl (C=O) groups excluding carboxylic acids is 3. The van der Waals surface area contributed by atoms with E-state index >= 15 is 0 Å². The van der Waals surface area contributed by atoms with E-state index in [1.54, 1.807) is 18.0 Å². The molecule has 2 aliphatic rings. The van der Waals surface area contributed by atoms with E-state index in [0.29, 0.717) is 18.9 Å². The molecule has 0 unspecified atom stereocenters. The number of rotatable bonds is 14. The standard InChI is InChI=1S/C43H52N8O7/c1-7-25(2)37(45-24-58-57-6)41(52)51-19-9-11-36(51)40-46-32-17-16-30(22-33(32)47-40)28-12-13-29-21-31(15-14-27(29)20-28)34-23-44-39(48-34)35-10-8-18-50(35)42(53)38(26(3)55-4)49-43(54)56-5/h12-17,20-26,35-38H,7-11,18-19H2,1-6H3,(H,44,48)(H,46,47)(H,49,54)/t25-,26+,35-,36-,37-,38-/m0/s1. The number of aliphatic imine (C=N–C) groups is 1. The number of amides is 3. The highest BCUT2D eigenvalue weighted by molar-refractivity contribution is 5.92. The van der Waals surface area contributed by atoms with Crippen LogP contribution < -0.4 is 5.32 Å². The molecule has 5 aromatic rings. The first-order valence-corrected chi connectivity index (χ1v) is 19.9. The number of benzene rings is 3. The van der Waals surface area contributed by atoms with Crippen LogP contribution in [-0.2, 0) is 28.8 Å². The maximum atomic E-state index is 13.8. The van der Waals surface area contributed by atoms with E-state index in [0.717, 1.165) is 82.1 Å². The van der Waals surface area contributed by atoms with Crippen molar-refractivity contribution in [1.29, 1.82) is 0 Å². The van der Waals surface area contributed by atoms with Crippen molar-refractivity contribution in [2.24, 2.45) is 10.9 Å². The van der Waals surface area contributed by atoms with Gasteiger partial charge in [0.2, 0.25) is 18.2 Å². The zero-order valence-corrected chi connectivity index (χ0v) is 33.9. The van der Waals surface area contributed by atoms with Gasteiger partial charge in [0, 0.05) is 25.8 Å². The first kappa shape index (κ1) is 40.4. The van der Waals surface area contributed by atoms with Crippen LogP contribution in [-0.4, -0.2) is 107 Å². The fourth-order valence-corrected chi connectivity index (χ4v) is 8.10. The first-order chi connectivity index (χ1) is 28.1. The molecule has 6 atom stereocenters. The zero-order chi connectivity index (χ0) is 40.9. The molecule has 0 bridgehead atoms. The molecule has 3 amide bonds. The molecule has 2 saturated heterocycles. The van der Waals surface area contributed by atoms with Crippen LogP contribution in [0.2, 0.25) is 0 Å². The number of ether oxygens (including phenoxy) is 2. The van der Waals surface area contributed by atoms with Crippen molar-refractivity contribution in [3.63, 3.8) is 0 Å². The summed E-state index contributed by atoms with van der Waals surface area (Å²) in [5.74, 6) is 1.23. The van der Waals surface area contributed by atoms with E-state index in [-0.39, 0.29) is 29.8 Å². The summed E-state index contributed by atoms with van der Waals surface area (Å²) < 4.78 is 10.2. The Morgan fingerprint density at radius 1 is 0.879 bits per heavy atom. The summed E-state index contributed by atoms with van der Waals surface area (Å²) in [6, 6.07) is 17.0. The quantitative estimate of drug-likeness (QED) is 0.0468. The first-order valence-electron chi connectivity index (χ1n) is 19.9. The minimum atomic E-state index is -0.895. The molecule has 2 aliphatic heterocycles. The molecule has 3 N–H and O–H groups in total. The Morgan fingerprint density at radius 2 is 1.53 bits per heavy atom. The number of hydrogen-bond acceptors (Lipinski definition) is 10. The van der Waals surface area contributed by atoms with Crippen molar-refractivity contribution in [3.8, 4) is 22.4 Å². The third-order valence-corrected chi connectivity index (χ3v) is 11.6. The Bertz CT molecular complexity index is 2290. The van der Waals surface area contributed by atoms with Crippen molar-refractivity contribution in [1.82, 2.24) is 35.1 Å². The molecule has 3 aromatic carbocycles. The van der Waals surface area contributed by atoms with Gasteiger partial charge in [-0.1, -0.05) is 50.6 Å². The number of likely N-dealkylation sites (tertiary alicyclic amines) is 2. The number of carbonyl (C=O) groups is 3. The molecular formula is C43H52N8O7. The number of hydrogen-bond donors (Lipinski definition) is 3. The Hall–Kier alpha value is -5.80. The molecule has 0 saturated carbocycles.